The van der Waals surface area contributed by atoms with Crippen molar-refractivity contribution in [2.45, 2.75) is 38.9 Å². The summed E-state index contributed by atoms with van der Waals surface area (Å²) in [6.45, 7) is 2.67. The molecule has 1 amide bonds. The first-order chi connectivity index (χ1) is 17.1. The molecule has 0 radical (unpaired) electrons. The summed E-state index contributed by atoms with van der Waals surface area (Å²) in [6.07, 6.45) is -2.44. The quantitative estimate of drug-likeness (QED) is 0.412. The minimum absolute atomic E-state index is 0.144. The summed E-state index contributed by atoms with van der Waals surface area (Å²) in [5.74, 6) is -0.240. The molecular weight excluding hydrogens is 489 g/mol. The fourth-order valence-corrected chi connectivity index (χ4v) is 5.89. The van der Waals surface area contributed by atoms with Crippen molar-refractivity contribution in [3.63, 3.8) is 0 Å². The number of sulfonamides is 1. The molecule has 1 N–H and O–H groups in total. The number of fused-ring (bicyclic) bond motifs is 1. The summed E-state index contributed by atoms with van der Waals surface area (Å²) >= 11 is 0. The van der Waals surface area contributed by atoms with Gasteiger partial charge in [0, 0.05) is 24.3 Å². The van der Waals surface area contributed by atoms with E-state index < -0.39 is 21.8 Å². The molecule has 0 saturated heterocycles. The van der Waals surface area contributed by atoms with Crippen LogP contribution in [0, 0.1) is 0 Å². The lowest BCUT2D eigenvalue weighted by Crippen LogP contribution is -2.37. The number of alkyl halides is 3. The van der Waals surface area contributed by atoms with Gasteiger partial charge in [0.15, 0.2) is 0 Å². The number of benzene rings is 3. The van der Waals surface area contributed by atoms with E-state index in [0.717, 1.165) is 29.7 Å². The Labute approximate surface area is 209 Å². The van der Waals surface area contributed by atoms with Gasteiger partial charge in [-0.2, -0.15) is 17.5 Å². The monoisotopic (exact) mass is 516 g/mol. The molecule has 9 heteroatoms. The Morgan fingerprint density at radius 1 is 1.00 bits per heavy atom. The van der Waals surface area contributed by atoms with Crippen molar-refractivity contribution >= 4 is 21.6 Å². The predicted octanol–water partition coefficient (Wildman–Crippen LogP) is 6.11. The number of amides is 1. The van der Waals surface area contributed by atoms with Crippen molar-refractivity contribution in [3.8, 4) is 11.1 Å². The Morgan fingerprint density at radius 2 is 1.72 bits per heavy atom. The summed E-state index contributed by atoms with van der Waals surface area (Å²) < 4.78 is 65.4. The van der Waals surface area contributed by atoms with Crippen molar-refractivity contribution in [1.29, 1.82) is 0 Å². The van der Waals surface area contributed by atoms with Gasteiger partial charge in [-0.25, -0.2) is 8.42 Å². The van der Waals surface area contributed by atoms with Crippen molar-refractivity contribution in [3.05, 3.63) is 89.0 Å². The molecule has 0 spiro atoms. The molecule has 5 nitrogen and oxygen atoms in total. The third-order valence-electron chi connectivity index (χ3n) is 6.29. The molecule has 1 aliphatic heterocycles. The number of hydrogen-bond donors (Lipinski definition) is 1. The van der Waals surface area contributed by atoms with E-state index in [1.165, 1.54) is 16.4 Å². The second-order valence-corrected chi connectivity index (χ2v) is 10.9. The van der Waals surface area contributed by atoms with E-state index in [4.69, 9.17) is 0 Å². The average Bonchev–Trinajstić information content (AvgIpc) is 2.86. The van der Waals surface area contributed by atoms with Crippen LogP contribution in [0.2, 0.25) is 0 Å². The van der Waals surface area contributed by atoms with Gasteiger partial charge in [0.1, 0.15) is 0 Å². The molecule has 3 aromatic carbocycles. The van der Waals surface area contributed by atoms with E-state index in [-0.39, 0.29) is 11.7 Å². The molecule has 0 aliphatic carbocycles. The number of nitrogens with one attached hydrogen (secondary N) is 1. The molecule has 0 aromatic heterocycles. The minimum Gasteiger partial charge on any atom is -0.322 e. The van der Waals surface area contributed by atoms with Crippen LogP contribution >= 0.6 is 0 Å². The van der Waals surface area contributed by atoms with Crippen LogP contribution in [0.25, 0.3) is 11.1 Å². The van der Waals surface area contributed by atoms with Gasteiger partial charge in [0.25, 0.3) is 5.91 Å². The van der Waals surface area contributed by atoms with Crippen LogP contribution < -0.4 is 5.32 Å². The molecule has 0 atom stereocenters. The van der Waals surface area contributed by atoms with Gasteiger partial charge in [0.05, 0.1) is 11.3 Å². The number of hydrogen-bond acceptors (Lipinski definition) is 3. The second-order valence-electron chi connectivity index (χ2n) is 8.81. The van der Waals surface area contributed by atoms with Crippen LogP contribution in [0.5, 0.6) is 0 Å². The Hall–Kier alpha value is -3.17. The fraction of sp³-hybridized carbons (Fsp3) is 0.296. The highest BCUT2D eigenvalue weighted by molar-refractivity contribution is 7.89. The second kappa shape index (κ2) is 10.4. The number of halogens is 3. The molecule has 4 rings (SSSR count). The fourth-order valence-electron chi connectivity index (χ4n) is 4.27. The number of nitrogens with zero attached hydrogens (tertiary/aromatic N) is 1. The minimum atomic E-state index is -4.43. The summed E-state index contributed by atoms with van der Waals surface area (Å²) in [6, 6.07) is 16.9. The van der Waals surface area contributed by atoms with Gasteiger partial charge in [-0.15, -0.1) is 0 Å². The standard InChI is InChI=1S/C27H27F3N2O3S/c1-2-3-16-36(34,35)32-15-14-20-17-23(13-10-21(20)18-32)31-26(33)25-7-5-4-6-24(25)19-8-11-22(12-9-19)27(28,29)30/h4-13,17H,2-3,14-16,18H2,1H3,(H,31,33). The third-order valence-corrected chi connectivity index (χ3v) is 8.19. The van der Waals surface area contributed by atoms with E-state index in [1.807, 2.05) is 19.1 Å². The maximum Gasteiger partial charge on any atom is 0.416 e. The summed E-state index contributed by atoms with van der Waals surface area (Å²) in [7, 11) is -3.29. The normalized spacial score (nSPS) is 14.3. The van der Waals surface area contributed by atoms with Gasteiger partial charge in [-0.05, 0) is 65.4 Å². The van der Waals surface area contributed by atoms with Gasteiger partial charge >= 0.3 is 6.18 Å². The van der Waals surface area contributed by atoms with Crippen molar-refractivity contribution in [2.24, 2.45) is 0 Å². The van der Waals surface area contributed by atoms with E-state index in [0.29, 0.717) is 48.3 Å². The predicted molar refractivity (Wildman–Crippen MR) is 134 cm³/mol. The molecule has 0 saturated carbocycles. The molecular formula is C27H27F3N2O3S. The Balaban J connectivity index is 1.51. The molecule has 1 aliphatic rings. The number of carbonyl (C=O) groups is 1. The average molecular weight is 517 g/mol. The maximum absolute atomic E-state index is 13.1. The topological polar surface area (TPSA) is 66.5 Å². The molecule has 3 aromatic rings. The van der Waals surface area contributed by atoms with Crippen LogP contribution in [0.4, 0.5) is 18.9 Å². The molecule has 36 heavy (non-hydrogen) atoms. The molecule has 190 valence electrons. The van der Waals surface area contributed by atoms with E-state index in [9.17, 15) is 26.4 Å². The molecule has 0 fully saturated rings. The highest BCUT2D eigenvalue weighted by Crippen LogP contribution is 2.32. The lowest BCUT2D eigenvalue weighted by molar-refractivity contribution is -0.137. The Kier molecular flexibility index (Phi) is 7.51. The number of anilines is 1. The van der Waals surface area contributed by atoms with Gasteiger partial charge < -0.3 is 5.32 Å². The summed E-state index contributed by atoms with van der Waals surface area (Å²) in [5, 5.41) is 2.87. The van der Waals surface area contributed by atoms with Gasteiger partial charge in [0.2, 0.25) is 10.0 Å². The van der Waals surface area contributed by atoms with Crippen LogP contribution in [0.3, 0.4) is 0 Å². The van der Waals surface area contributed by atoms with E-state index >= 15 is 0 Å². The van der Waals surface area contributed by atoms with Crippen LogP contribution in [0.1, 0.15) is 46.8 Å². The third kappa shape index (κ3) is 5.79. The summed E-state index contributed by atoms with van der Waals surface area (Å²) in [5.41, 5.74) is 3.07. The number of unbranched alkanes of at least 4 members (excludes halogenated alkanes) is 1. The lowest BCUT2D eigenvalue weighted by Gasteiger charge is -2.28. The van der Waals surface area contributed by atoms with Gasteiger partial charge in [-0.3, -0.25) is 4.79 Å². The SMILES string of the molecule is CCCCS(=O)(=O)N1CCc2cc(NC(=O)c3ccccc3-c3ccc(C(F)(F)F)cc3)ccc2C1. The molecule has 0 bridgehead atoms. The number of carbonyl (C=O) groups excluding carboxylic acids is 1. The zero-order chi connectivity index (χ0) is 25.9. The Morgan fingerprint density at radius 3 is 2.42 bits per heavy atom. The van der Waals surface area contributed by atoms with Crippen molar-refractivity contribution in [1.82, 2.24) is 4.31 Å². The largest absolute Gasteiger partial charge is 0.416 e. The van der Waals surface area contributed by atoms with Crippen molar-refractivity contribution < 1.29 is 26.4 Å². The first-order valence-electron chi connectivity index (χ1n) is 11.8. The molecule has 1 heterocycles. The number of rotatable bonds is 7. The van der Waals surface area contributed by atoms with Crippen LogP contribution in [-0.2, 0) is 29.2 Å². The van der Waals surface area contributed by atoms with E-state index in [2.05, 4.69) is 5.32 Å². The first kappa shape index (κ1) is 25.9. The highest BCUT2D eigenvalue weighted by Gasteiger charge is 2.30. The summed E-state index contributed by atoms with van der Waals surface area (Å²) in [4.78, 5) is 13.1. The van der Waals surface area contributed by atoms with Crippen molar-refractivity contribution in [2.75, 3.05) is 17.6 Å². The zero-order valence-corrected chi connectivity index (χ0v) is 20.6. The highest BCUT2D eigenvalue weighted by atomic mass is 32.2. The first-order valence-corrected chi connectivity index (χ1v) is 13.4. The van der Waals surface area contributed by atoms with Crippen LogP contribution in [0.15, 0.2) is 66.7 Å². The maximum atomic E-state index is 13.1. The smallest absolute Gasteiger partial charge is 0.322 e. The van der Waals surface area contributed by atoms with Crippen LogP contribution in [-0.4, -0.2) is 30.9 Å². The van der Waals surface area contributed by atoms with Gasteiger partial charge in [-0.1, -0.05) is 49.7 Å². The molecule has 0 unspecified atom stereocenters. The zero-order valence-electron chi connectivity index (χ0n) is 19.8. The van der Waals surface area contributed by atoms with E-state index in [1.54, 1.807) is 30.3 Å². The Bertz CT molecular complexity index is 1350. The lowest BCUT2D eigenvalue weighted by atomic mass is 9.97.